The molecule has 2 fully saturated rings. The molecule has 1 N–H and O–H groups in total. The number of likely N-dealkylation sites (tertiary alicyclic amines) is 1. The van der Waals surface area contributed by atoms with Crippen molar-refractivity contribution in [2.75, 3.05) is 26.2 Å². The predicted molar refractivity (Wildman–Crippen MR) is 78.9 cm³/mol. The monoisotopic (exact) mass is 252 g/mol. The first-order chi connectivity index (χ1) is 8.78. The van der Waals surface area contributed by atoms with Crippen LogP contribution in [0.2, 0.25) is 0 Å². The second kappa shape index (κ2) is 7.49. The van der Waals surface area contributed by atoms with Crippen LogP contribution in [-0.4, -0.2) is 37.1 Å². The molecule has 0 aromatic rings. The molecule has 106 valence electrons. The normalized spacial score (nSPS) is 31.7. The van der Waals surface area contributed by atoms with E-state index in [-0.39, 0.29) is 0 Å². The van der Waals surface area contributed by atoms with E-state index in [4.69, 9.17) is 0 Å². The van der Waals surface area contributed by atoms with Crippen LogP contribution >= 0.6 is 0 Å². The first-order valence-corrected chi connectivity index (χ1v) is 8.23. The van der Waals surface area contributed by atoms with Gasteiger partial charge in [-0.15, -0.1) is 0 Å². The van der Waals surface area contributed by atoms with Gasteiger partial charge in [0.05, 0.1) is 0 Å². The largest absolute Gasteiger partial charge is 0.313 e. The fourth-order valence-corrected chi connectivity index (χ4v) is 3.49. The van der Waals surface area contributed by atoms with Crippen LogP contribution in [0.15, 0.2) is 0 Å². The van der Waals surface area contributed by atoms with Crippen molar-refractivity contribution in [3.05, 3.63) is 0 Å². The summed E-state index contributed by atoms with van der Waals surface area (Å²) in [5.41, 5.74) is 0. The smallest absolute Gasteiger partial charge is 0.0107 e. The summed E-state index contributed by atoms with van der Waals surface area (Å²) < 4.78 is 0. The SMILES string of the molecule is CCC1CCC(NCCN2CCC(C)CC2)CC1. The van der Waals surface area contributed by atoms with Gasteiger partial charge in [-0.1, -0.05) is 20.3 Å². The fraction of sp³-hybridized carbons (Fsp3) is 1.00. The number of hydrogen-bond donors (Lipinski definition) is 1. The van der Waals surface area contributed by atoms with Crippen molar-refractivity contribution in [3.8, 4) is 0 Å². The van der Waals surface area contributed by atoms with E-state index < -0.39 is 0 Å². The molecule has 0 amide bonds. The van der Waals surface area contributed by atoms with Gasteiger partial charge in [0.15, 0.2) is 0 Å². The third kappa shape index (κ3) is 4.55. The number of nitrogens with one attached hydrogen (secondary N) is 1. The Balaban J connectivity index is 1.53. The minimum absolute atomic E-state index is 0.816. The van der Waals surface area contributed by atoms with Crippen molar-refractivity contribution >= 4 is 0 Å². The maximum Gasteiger partial charge on any atom is 0.0107 e. The van der Waals surface area contributed by atoms with Crippen molar-refractivity contribution < 1.29 is 0 Å². The molecule has 1 aliphatic carbocycles. The Labute approximate surface area is 114 Å². The molecule has 1 heterocycles. The summed E-state index contributed by atoms with van der Waals surface area (Å²) in [5, 5.41) is 3.78. The third-order valence-corrected chi connectivity index (χ3v) is 5.16. The van der Waals surface area contributed by atoms with Gasteiger partial charge in [-0.25, -0.2) is 0 Å². The molecule has 0 unspecified atom stereocenters. The summed E-state index contributed by atoms with van der Waals surface area (Å²) in [5.74, 6) is 1.98. The molecule has 2 rings (SSSR count). The van der Waals surface area contributed by atoms with E-state index in [0.717, 1.165) is 17.9 Å². The zero-order valence-corrected chi connectivity index (χ0v) is 12.5. The topological polar surface area (TPSA) is 15.3 Å². The second-order valence-corrected chi connectivity index (χ2v) is 6.60. The standard InChI is InChI=1S/C16H32N2/c1-3-15-4-6-16(7-5-15)17-10-13-18-11-8-14(2)9-12-18/h14-17H,3-13H2,1-2H3. The van der Waals surface area contributed by atoms with Crippen molar-refractivity contribution in [3.63, 3.8) is 0 Å². The van der Waals surface area contributed by atoms with Gasteiger partial charge in [0, 0.05) is 19.1 Å². The van der Waals surface area contributed by atoms with Crippen LogP contribution in [0.1, 0.15) is 58.8 Å². The Hall–Kier alpha value is -0.0800. The maximum absolute atomic E-state index is 3.78. The van der Waals surface area contributed by atoms with Crippen molar-refractivity contribution in [2.24, 2.45) is 11.8 Å². The first kappa shape index (κ1) is 14.3. The molecule has 2 nitrogen and oxygen atoms in total. The Bertz CT molecular complexity index is 213. The van der Waals surface area contributed by atoms with Crippen LogP contribution in [-0.2, 0) is 0 Å². The van der Waals surface area contributed by atoms with Gasteiger partial charge in [-0.05, 0) is 63.5 Å². The minimum atomic E-state index is 0.816. The van der Waals surface area contributed by atoms with E-state index in [1.54, 1.807) is 0 Å². The summed E-state index contributed by atoms with van der Waals surface area (Å²) in [4.78, 5) is 2.64. The first-order valence-electron chi connectivity index (χ1n) is 8.23. The lowest BCUT2D eigenvalue weighted by Crippen LogP contribution is -2.41. The van der Waals surface area contributed by atoms with Crippen molar-refractivity contribution in [2.45, 2.75) is 64.8 Å². The number of hydrogen-bond acceptors (Lipinski definition) is 2. The van der Waals surface area contributed by atoms with Gasteiger partial charge < -0.3 is 10.2 Å². The zero-order chi connectivity index (χ0) is 12.8. The van der Waals surface area contributed by atoms with Crippen LogP contribution in [0.25, 0.3) is 0 Å². The minimum Gasteiger partial charge on any atom is -0.313 e. The molecule has 0 aromatic carbocycles. The van der Waals surface area contributed by atoms with Crippen LogP contribution in [0.5, 0.6) is 0 Å². The number of rotatable bonds is 5. The lowest BCUT2D eigenvalue weighted by molar-refractivity contribution is 0.187. The van der Waals surface area contributed by atoms with Crippen LogP contribution in [0, 0.1) is 11.8 Å². The van der Waals surface area contributed by atoms with E-state index in [1.807, 2.05) is 0 Å². The predicted octanol–water partition coefficient (Wildman–Crippen LogP) is 3.28. The molecule has 0 atom stereocenters. The van der Waals surface area contributed by atoms with Gasteiger partial charge in [0.2, 0.25) is 0 Å². The highest BCUT2D eigenvalue weighted by Gasteiger charge is 2.20. The average Bonchev–Trinajstić information content (AvgIpc) is 2.42. The molecule has 1 saturated carbocycles. The van der Waals surface area contributed by atoms with Crippen molar-refractivity contribution in [1.29, 1.82) is 0 Å². The molecule has 2 aliphatic rings. The third-order valence-electron chi connectivity index (χ3n) is 5.16. The molecule has 0 bridgehead atoms. The van der Waals surface area contributed by atoms with E-state index >= 15 is 0 Å². The summed E-state index contributed by atoms with van der Waals surface area (Å²) in [6.07, 6.45) is 9.93. The maximum atomic E-state index is 3.78. The number of piperidine rings is 1. The van der Waals surface area contributed by atoms with E-state index in [1.165, 1.54) is 71.1 Å². The van der Waals surface area contributed by atoms with E-state index in [0.29, 0.717) is 0 Å². The summed E-state index contributed by atoms with van der Waals surface area (Å²) in [7, 11) is 0. The lowest BCUT2D eigenvalue weighted by Gasteiger charge is -2.32. The Morgan fingerprint density at radius 2 is 1.67 bits per heavy atom. The molecule has 0 aromatic heterocycles. The molecular formula is C16H32N2. The highest BCUT2D eigenvalue weighted by atomic mass is 15.1. The Kier molecular flexibility index (Phi) is 5.97. The summed E-state index contributed by atoms with van der Waals surface area (Å²) in [6.45, 7) is 9.85. The summed E-state index contributed by atoms with van der Waals surface area (Å²) >= 11 is 0. The molecule has 0 radical (unpaired) electrons. The molecule has 2 heteroatoms. The fourth-order valence-electron chi connectivity index (χ4n) is 3.49. The van der Waals surface area contributed by atoms with Crippen LogP contribution in [0.4, 0.5) is 0 Å². The number of nitrogens with zero attached hydrogens (tertiary/aromatic N) is 1. The Morgan fingerprint density at radius 3 is 2.28 bits per heavy atom. The average molecular weight is 252 g/mol. The van der Waals surface area contributed by atoms with E-state index in [9.17, 15) is 0 Å². The zero-order valence-electron chi connectivity index (χ0n) is 12.5. The highest BCUT2D eigenvalue weighted by molar-refractivity contribution is 4.77. The molecule has 1 aliphatic heterocycles. The molecular weight excluding hydrogens is 220 g/mol. The molecule has 1 saturated heterocycles. The van der Waals surface area contributed by atoms with Crippen LogP contribution in [0.3, 0.4) is 0 Å². The van der Waals surface area contributed by atoms with Crippen LogP contribution < -0.4 is 5.32 Å². The van der Waals surface area contributed by atoms with Gasteiger partial charge in [0.25, 0.3) is 0 Å². The lowest BCUT2D eigenvalue weighted by atomic mass is 9.84. The van der Waals surface area contributed by atoms with Crippen molar-refractivity contribution in [1.82, 2.24) is 10.2 Å². The highest BCUT2D eigenvalue weighted by Crippen LogP contribution is 2.26. The van der Waals surface area contributed by atoms with Gasteiger partial charge in [-0.2, -0.15) is 0 Å². The van der Waals surface area contributed by atoms with E-state index in [2.05, 4.69) is 24.1 Å². The molecule has 18 heavy (non-hydrogen) atoms. The van der Waals surface area contributed by atoms with Gasteiger partial charge in [-0.3, -0.25) is 0 Å². The summed E-state index contributed by atoms with van der Waals surface area (Å²) in [6, 6.07) is 0.816. The Morgan fingerprint density at radius 1 is 1.00 bits per heavy atom. The van der Waals surface area contributed by atoms with Gasteiger partial charge in [0.1, 0.15) is 0 Å². The molecule has 0 spiro atoms. The second-order valence-electron chi connectivity index (χ2n) is 6.60. The van der Waals surface area contributed by atoms with Gasteiger partial charge >= 0.3 is 0 Å². The quantitative estimate of drug-likeness (QED) is 0.808.